The first-order chi connectivity index (χ1) is 19.3. The number of carboxylic acid groups (broad SMARTS) is 1. The van der Waals surface area contributed by atoms with Crippen LogP contribution >= 0.6 is 0 Å². The van der Waals surface area contributed by atoms with Gasteiger partial charge < -0.3 is 30.2 Å². The summed E-state index contributed by atoms with van der Waals surface area (Å²) in [7, 11) is 3.92. The van der Waals surface area contributed by atoms with Crippen LogP contribution in [-0.2, 0) is 0 Å². The molecule has 0 saturated carbocycles. The Morgan fingerprint density at radius 1 is 1.15 bits per heavy atom. The largest absolute Gasteiger partial charge is 0.477 e. The average Bonchev–Trinajstić information content (AvgIpc) is 3.55. The Bertz CT molecular complexity index is 1900. The molecule has 0 radical (unpaired) electrons. The summed E-state index contributed by atoms with van der Waals surface area (Å²) in [6.07, 6.45) is 6.88. The number of halogens is 1. The van der Waals surface area contributed by atoms with Crippen LogP contribution in [-0.4, -0.2) is 75.7 Å². The summed E-state index contributed by atoms with van der Waals surface area (Å²) < 4.78 is 14.8. The fraction of sp³-hybridized carbons (Fsp3) is 0.310. The Balaban J connectivity index is 1.51. The fourth-order valence-electron chi connectivity index (χ4n) is 6.64. The highest BCUT2D eigenvalue weighted by atomic mass is 19.1. The summed E-state index contributed by atoms with van der Waals surface area (Å²) in [6, 6.07) is 5.05. The molecule has 0 amide bonds. The Morgan fingerprint density at radius 3 is 2.75 bits per heavy atom. The number of hydrogen-bond donors (Lipinski definition) is 4. The molecule has 204 valence electrons. The van der Waals surface area contributed by atoms with Crippen molar-refractivity contribution in [1.82, 2.24) is 24.8 Å². The van der Waals surface area contributed by atoms with Crippen LogP contribution in [0.4, 0.5) is 15.8 Å². The molecule has 1 aromatic carbocycles. The van der Waals surface area contributed by atoms with E-state index in [0.29, 0.717) is 39.9 Å². The highest BCUT2D eigenvalue weighted by Gasteiger charge is 2.39. The van der Waals surface area contributed by atoms with Crippen molar-refractivity contribution in [2.45, 2.75) is 18.9 Å². The van der Waals surface area contributed by atoms with E-state index in [4.69, 9.17) is 4.98 Å². The maximum atomic E-state index is 14.8. The van der Waals surface area contributed by atoms with E-state index in [2.05, 4.69) is 37.1 Å². The number of aromatic nitrogens is 4. The van der Waals surface area contributed by atoms with Crippen LogP contribution in [0.2, 0.25) is 0 Å². The molecule has 0 aliphatic carbocycles. The number of rotatable bonds is 4. The molecule has 5 aromatic rings. The number of hydrogen-bond acceptors (Lipinski definition) is 7. The number of H-pyrrole nitrogens is 2. The lowest BCUT2D eigenvalue weighted by Crippen LogP contribution is -2.42. The summed E-state index contributed by atoms with van der Waals surface area (Å²) >= 11 is 0. The SMILES string of the molecule is CNc1cc(F)cc2c1[nH]c1ncc(-c3cnc4[nH]cc(C(=O)O)c(=O)c4c3)c(N3C[C@H]4CCCN(C)[C@H]4C3)c12. The van der Waals surface area contributed by atoms with Crippen molar-refractivity contribution in [2.75, 3.05) is 43.9 Å². The summed E-state index contributed by atoms with van der Waals surface area (Å²) in [5.41, 5.74) is 3.67. The molecule has 6 heterocycles. The highest BCUT2D eigenvalue weighted by Crippen LogP contribution is 2.44. The molecule has 10 nitrogen and oxygen atoms in total. The molecule has 0 spiro atoms. The molecule has 2 fully saturated rings. The minimum atomic E-state index is -1.30. The van der Waals surface area contributed by atoms with Gasteiger partial charge in [0.15, 0.2) is 0 Å². The van der Waals surface area contributed by atoms with Crippen LogP contribution in [0.3, 0.4) is 0 Å². The molecule has 7 rings (SSSR count). The van der Waals surface area contributed by atoms with Crippen LogP contribution in [0.15, 0.2) is 41.6 Å². The average molecular weight is 542 g/mol. The molecule has 2 aliphatic rings. The lowest BCUT2D eigenvalue weighted by atomic mass is 9.93. The smallest absolute Gasteiger partial charge is 0.341 e. The van der Waals surface area contributed by atoms with E-state index in [-0.39, 0.29) is 16.8 Å². The molecule has 2 saturated heterocycles. The van der Waals surface area contributed by atoms with Gasteiger partial charge in [-0.25, -0.2) is 19.2 Å². The van der Waals surface area contributed by atoms with Gasteiger partial charge in [0.05, 0.1) is 27.7 Å². The quantitative estimate of drug-likeness (QED) is 0.268. The van der Waals surface area contributed by atoms with Crippen LogP contribution in [0.25, 0.3) is 44.1 Å². The molecule has 0 bridgehead atoms. The molecular formula is C29H28FN7O3. The van der Waals surface area contributed by atoms with E-state index >= 15 is 0 Å². The van der Waals surface area contributed by atoms with Crippen molar-refractivity contribution in [3.63, 3.8) is 0 Å². The zero-order chi connectivity index (χ0) is 27.7. The summed E-state index contributed by atoms with van der Waals surface area (Å²) in [6.45, 7) is 2.70. The number of likely N-dealkylation sites (tertiary alicyclic amines) is 1. The van der Waals surface area contributed by atoms with E-state index in [1.165, 1.54) is 18.3 Å². The number of likely N-dealkylation sites (N-methyl/N-ethyl adjacent to an activating group) is 1. The zero-order valence-corrected chi connectivity index (χ0v) is 22.1. The van der Waals surface area contributed by atoms with E-state index in [9.17, 15) is 19.1 Å². The van der Waals surface area contributed by atoms with Gasteiger partial charge in [-0.15, -0.1) is 0 Å². The van der Waals surface area contributed by atoms with Crippen molar-refractivity contribution in [3.05, 3.63) is 58.4 Å². The van der Waals surface area contributed by atoms with Crippen molar-refractivity contribution in [2.24, 2.45) is 5.92 Å². The number of nitrogens with one attached hydrogen (secondary N) is 3. The molecule has 2 atom stereocenters. The number of aromatic amines is 2. The van der Waals surface area contributed by atoms with Gasteiger partial charge in [-0.3, -0.25) is 4.79 Å². The van der Waals surface area contributed by atoms with Crippen LogP contribution in [0.5, 0.6) is 0 Å². The van der Waals surface area contributed by atoms with Gasteiger partial charge in [-0.1, -0.05) is 0 Å². The highest BCUT2D eigenvalue weighted by molar-refractivity contribution is 6.18. The summed E-state index contributed by atoms with van der Waals surface area (Å²) in [4.78, 5) is 44.8. The standard InChI is InChI=1S/C29H28FN7O3/c1-31-21-8-16(30)7-17-23-25(37-12-14-4-3-5-36(2)22(14)13-37)19(10-34-28(23)35-24(17)21)15-6-18-26(38)20(29(39)40)11-33-27(18)32-9-15/h6-11,14,22,31H,3-5,12-13H2,1-2H3,(H,34,35)(H,39,40)(H,32,33,38)/t14-,22+/m1/s1. The predicted molar refractivity (Wildman–Crippen MR) is 153 cm³/mol. The third-order valence-electron chi connectivity index (χ3n) is 8.58. The first kappa shape index (κ1) is 24.5. The molecule has 11 heteroatoms. The molecule has 2 aliphatic heterocycles. The monoisotopic (exact) mass is 541 g/mol. The Labute approximate surface area is 227 Å². The molecule has 0 unspecified atom stereocenters. The van der Waals surface area contributed by atoms with E-state index in [1.54, 1.807) is 25.5 Å². The van der Waals surface area contributed by atoms with Gasteiger partial charge in [0.2, 0.25) is 5.43 Å². The molecular weight excluding hydrogens is 513 g/mol. The van der Waals surface area contributed by atoms with Gasteiger partial charge in [0.1, 0.15) is 22.7 Å². The summed E-state index contributed by atoms with van der Waals surface area (Å²) in [5, 5.41) is 14.3. The Kier molecular flexibility index (Phi) is 5.53. The van der Waals surface area contributed by atoms with Gasteiger partial charge in [0.25, 0.3) is 0 Å². The van der Waals surface area contributed by atoms with Crippen molar-refractivity contribution >= 4 is 50.3 Å². The topological polar surface area (TPSA) is 130 Å². The van der Waals surface area contributed by atoms with Gasteiger partial charge in [-0.2, -0.15) is 0 Å². The number of carboxylic acids is 1. The normalized spacial score (nSPS) is 19.5. The minimum absolute atomic E-state index is 0.181. The fourth-order valence-corrected chi connectivity index (χ4v) is 6.64. The number of piperidine rings is 1. The lowest BCUT2D eigenvalue weighted by Gasteiger charge is -2.33. The number of pyridine rings is 3. The maximum absolute atomic E-state index is 14.8. The van der Waals surface area contributed by atoms with E-state index in [1.807, 2.05) is 0 Å². The van der Waals surface area contributed by atoms with Crippen LogP contribution < -0.4 is 15.6 Å². The number of benzene rings is 1. The number of nitrogens with zero attached hydrogens (tertiary/aromatic N) is 4. The Morgan fingerprint density at radius 2 is 1.98 bits per heavy atom. The summed E-state index contributed by atoms with van der Waals surface area (Å²) in [5.74, 6) is -1.16. The number of anilines is 2. The zero-order valence-electron chi connectivity index (χ0n) is 22.1. The minimum Gasteiger partial charge on any atom is -0.477 e. The predicted octanol–water partition coefficient (Wildman–Crippen LogP) is 4.03. The lowest BCUT2D eigenvalue weighted by molar-refractivity contribution is 0.0695. The van der Waals surface area contributed by atoms with Gasteiger partial charge in [-0.05, 0) is 50.6 Å². The van der Waals surface area contributed by atoms with E-state index < -0.39 is 11.4 Å². The first-order valence-electron chi connectivity index (χ1n) is 13.4. The number of aromatic carboxylic acids is 1. The molecule has 40 heavy (non-hydrogen) atoms. The third kappa shape index (κ3) is 3.64. The molecule has 4 N–H and O–H groups in total. The third-order valence-corrected chi connectivity index (χ3v) is 8.58. The van der Waals surface area contributed by atoms with Crippen molar-refractivity contribution in [1.29, 1.82) is 0 Å². The van der Waals surface area contributed by atoms with Gasteiger partial charge in [0, 0.05) is 61.3 Å². The van der Waals surface area contributed by atoms with E-state index in [0.717, 1.165) is 54.6 Å². The second-order valence-electron chi connectivity index (χ2n) is 10.8. The second kappa shape index (κ2) is 9.02. The molecule has 4 aromatic heterocycles. The first-order valence-corrected chi connectivity index (χ1v) is 13.4. The Hall–Kier alpha value is -4.51. The van der Waals surface area contributed by atoms with Crippen molar-refractivity contribution in [3.8, 4) is 11.1 Å². The van der Waals surface area contributed by atoms with Crippen LogP contribution in [0, 0.1) is 11.7 Å². The second-order valence-corrected chi connectivity index (χ2v) is 10.8. The number of fused-ring (bicyclic) bond motifs is 5. The maximum Gasteiger partial charge on any atom is 0.341 e. The van der Waals surface area contributed by atoms with Gasteiger partial charge >= 0.3 is 5.97 Å². The number of carbonyl (C=O) groups is 1. The van der Waals surface area contributed by atoms with Crippen LogP contribution in [0.1, 0.15) is 23.2 Å². The van der Waals surface area contributed by atoms with Crippen molar-refractivity contribution < 1.29 is 14.3 Å².